The zero-order valence-electron chi connectivity index (χ0n) is 16.2. The Morgan fingerprint density at radius 1 is 1.17 bits per heavy atom. The molecule has 0 aliphatic carbocycles. The first kappa shape index (κ1) is 19.8. The number of aryl methyl sites for hydroxylation is 1. The molecule has 0 bridgehead atoms. The smallest absolute Gasteiger partial charge is 0.408 e. The molecule has 0 atom stereocenters. The van der Waals surface area contributed by atoms with Crippen LogP contribution in [0.25, 0.3) is 11.1 Å². The number of rotatable bonds is 6. The van der Waals surface area contributed by atoms with E-state index in [1.807, 2.05) is 12.1 Å². The van der Waals surface area contributed by atoms with Crippen LogP contribution in [-0.2, 0) is 23.6 Å². The van der Waals surface area contributed by atoms with Gasteiger partial charge in [0.05, 0.1) is 10.4 Å². The van der Waals surface area contributed by atoms with Crippen LogP contribution >= 0.6 is 0 Å². The predicted octanol–water partition coefficient (Wildman–Crippen LogP) is 1.72. The van der Waals surface area contributed by atoms with E-state index >= 15 is 0 Å². The Morgan fingerprint density at radius 2 is 1.90 bits per heavy atom. The van der Waals surface area contributed by atoms with Crippen molar-refractivity contribution in [3.8, 4) is 0 Å². The number of hydrogen-bond acceptors (Lipinski definition) is 6. The van der Waals surface area contributed by atoms with E-state index in [-0.39, 0.29) is 10.5 Å². The molecule has 1 N–H and O–H groups in total. The minimum absolute atomic E-state index is 0.106. The number of nitrogens with one attached hydrogen (secondary N) is 1. The van der Waals surface area contributed by atoms with E-state index < -0.39 is 15.8 Å². The Kier molecular flexibility index (Phi) is 5.53. The molecule has 8 nitrogen and oxygen atoms in total. The number of pyridine rings is 1. The lowest BCUT2D eigenvalue weighted by atomic mass is 9.97. The van der Waals surface area contributed by atoms with E-state index in [0.29, 0.717) is 18.0 Å². The summed E-state index contributed by atoms with van der Waals surface area (Å²) in [4.78, 5) is 18.1. The topological polar surface area (TPSA) is 97.4 Å². The van der Waals surface area contributed by atoms with Crippen molar-refractivity contribution in [2.24, 2.45) is 13.0 Å². The number of aromatic nitrogens is 2. The summed E-state index contributed by atoms with van der Waals surface area (Å²) in [7, 11) is -2.07. The second kappa shape index (κ2) is 8.10. The van der Waals surface area contributed by atoms with Gasteiger partial charge in [0.15, 0.2) is 5.58 Å². The molecular formula is C20H24N4O4S. The summed E-state index contributed by atoms with van der Waals surface area (Å²) < 4.78 is 34.5. The Labute approximate surface area is 169 Å². The maximum absolute atomic E-state index is 12.7. The molecule has 154 valence electrons. The Morgan fingerprint density at radius 3 is 2.62 bits per heavy atom. The first-order chi connectivity index (χ1) is 13.9. The van der Waals surface area contributed by atoms with Gasteiger partial charge in [-0.25, -0.2) is 17.9 Å². The Bertz CT molecular complexity index is 1150. The molecule has 4 rings (SSSR count). The lowest BCUT2D eigenvalue weighted by molar-refractivity contribution is 0.178. The fourth-order valence-electron chi connectivity index (χ4n) is 3.69. The van der Waals surface area contributed by atoms with Crippen molar-refractivity contribution >= 4 is 21.1 Å². The molecule has 3 aromatic rings. The molecule has 1 aromatic carbocycles. The van der Waals surface area contributed by atoms with Crippen LogP contribution in [0.2, 0.25) is 0 Å². The number of likely N-dealkylation sites (tertiary alicyclic amines) is 1. The van der Waals surface area contributed by atoms with Gasteiger partial charge >= 0.3 is 5.76 Å². The third-order valence-corrected chi connectivity index (χ3v) is 6.92. The van der Waals surface area contributed by atoms with E-state index in [1.165, 1.54) is 22.3 Å². The first-order valence-corrected chi connectivity index (χ1v) is 11.1. The molecule has 0 amide bonds. The van der Waals surface area contributed by atoms with E-state index in [2.05, 4.69) is 14.6 Å². The largest absolute Gasteiger partial charge is 0.419 e. The third kappa shape index (κ3) is 4.42. The van der Waals surface area contributed by atoms with Crippen LogP contribution in [0.5, 0.6) is 0 Å². The lowest BCUT2D eigenvalue weighted by Crippen LogP contribution is -2.38. The van der Waals surface area contributed by atoms with Crippen molar-refractivity contribution in [1.82, 2.24) is 19.2 Å². The number of fused-ring (bicyclic) bond motifs is 1. The lowest BCUT2D eigenvalue weighted by Gasteiger charge is -2.32. The predicted molar refractivity (Wildman–Crippen MR) is 109 cm³/mol. The Balaban J connectivity index is 1.33. The molecule has 1 aliphatic heterocycles. The van der Waals surface area contributed by atoms with Crippen molar-refractivity contribution in [2.75, 3.05) is 19.6 Å². The van der Waals surface area contributed by atoms with E-state index in [4.69, 9.17) is 4.42 Å². The van der Waals surface area contributed by atoms with E-state index in [9.17, 15) is 13.2 Å². The zero-order chi connectivity index (χ0) is 20.4. The normalized spacial score (nSPS) is 16.4. The number of hydrogen-bond donors (Lipinski definition) is 1. The van der Waals surface area contributed by atoms with Gasteiger partial charge < -0.3 is 4.42 Å². The van der Waals surface area contributed by atoms with Gasteiger partial charge in [0.2, 0.25) is 10.0 Å². The van der Waals surface area contributed by atoms with Gasteiger partial charge in [0, 0.05) is 38.6 Å². The minimum atomic E-state index is -3.66. The van der Waals surface area contributed by atoms with Crippen molar-refractivity contribution in [2.45, 2.75) is 24.3 Å². The number of oxazole rings is 1. The first-order valence-electron chi connectivity index (χ1n) is 9.63. The molecule has 1 saturated heterocycles. The monoisotopic (exact) mass is 416 g/mol. The quantitative estimate of drug-likeness (QED) is 0.657. The van der Waals surface area contributed by atoms with Gasteiger partial charge in [-0.1, -0.05) is 0 Å². The van der Waals surface area contributed by atoms with Crippen molar-refractivity contribution in [1.29, 1.82) is 0 Å². The maximum Gasteiger partial charge on any atom is 0.419 e. The minimum Gasteiger partial charge on any atom is -0.408 e. The number of benzene rings is 1. The fourth-order valence-corrected chi connectivity index (χ4v) is 4.82. The number of nitrogens with zero attached hydrogens (tertiary/aromatic N) is 3. The van der Waals surface area contributed by atoms with Crippen LogP contribution in [-0.4, -0.2) is 42.5 Å². The molecule has 0 radical (unpaired) electrons. The molecule has 9 heteroatoms. The summed E-state index contributed by atoms with van der Waals surface area (Å²) in [6.45, 7) is 3.18. The highest BCUT2D eigenvalue weighted by Gasteiger charge is 2.22. The highest BCUT2D eigenvalue weighted by atomic mass is 32.2. The van der Waals surface area contributed by atoms with Crippen molar-refractivity contribution in [3.05, 3.63) is 58.8 Å². The van der Waals surface area contributed by atoms with Gasteiger partial charge in [-0.2, -0.15) is 0 Å². The van der Waals surface area contributed by atoms with Gasteiger partial charge in [-0.15, -0.1) is 0 Å². The van der Waals surface area contributed by atoms with E-state index in [0.717, 1.165) is 32.5 Å². The van der Waals surface area contributed by atoms with Gasteiger partial charge in [0.25, 0.3) is 0 Å². The molecule has 1 aliphatic rings. The second-order valence-electron chi connectivity index (χ2n) is 7.48. The van der Waals surface area contributed by atoms with Crippen LogP contribution in [0.15, 0.2) is 56.8 Å². The number of piperidine rings is 1. The molecule has 3 heterocycles. The summed E-state index contributed by atoms with van der Waals surface area (Å²) in [6.07, 6.45) is 5.49. The SMILES string of the molecule is Cn1c(=O)oc2cc(S(=O)(=O)NCC3CCN(Cc4ccncc4)CC3)ccc21. The third-order valence-electron chi connectivity index (χ3n) is 5.50. The molecule has 1 fully saturated rings. The van der Waals surface area contributed by atoms with Gasteiger partial charge in [-0.05, 0) is 61.7 Å². The highest BCUT2D eigenvalue weighted by Crippen LogP contribution is 2.21. The molecular weight excluding hydrogens is 392 g/mol. The van der Waals surface area contributed by atoms with Gasteiger partial charge in [0.1, 0.15) is 0 Å². The maximum atomic E-state index is 12.7. The summed E-state index contributed by atoms with van der Waals surface area (Å²) in [5.74, 6) is -0.210. The molecule has 0 unspecified atom stereocenters. The van der Waals surface area contributed by atoms with Gasteiger partial charge in [-0.3, -0.25) is 14.5 Å². The standard InChI is InChI=1S/C20H24N4O4S/c1-23-18-3-2-17(12-19(18)28-20(23)25)29(26,27)22-13-15-6-10-24(11-7-15)14-16-4-8-21-9-5-16/h2-5,8-9,12,15,22H,6-7,10-11,13-14H2,1H3. The zero-order valence-corrected chi connectivity index (χ0v) is 17.1. The number of sulfonamides is 1. The van der Waals surface area contributed by atoms with Crippen molar-refractivity contribution < 1.29 is 12.8 Å². The highest BCUT2D eigenvalue weighted by molar-refractivity contribution is 7.89. The summed E-state index contributed by atoms with van der Waals surface area (Å²) >= 11 is 0. The second-order valence-corrected chi connectivity index (χ2v) is 9.25. The van der Waals surface area contributed by atoms with Crippen LogP contribution in [0.1, 0.15) is 18.4 Å². The van der Waals surface area contributed by atoms with Crippen LogP contribution in [0.4, 0.5) is 0 Å². The van der Waals surface area contributed by atoms with Crippen LogP contribution in [0.3, 0.4) is 0 Å². The molecule has 0 saturated carbocycles. The summed E-state index contributed by atoms with van der Waals surface area (Å²) in [5.41, 5.74) is 2.07. The molecule has 0 spiro atoms. The average Bonchev–Trinajstić information content (AvgIpc) is 3.01. The molecule has 29 heavy (non-hydrogen) atoms. The van der Waals surface area contributed by atoms with Crippen LogP contribution in [0, 0.1) is 5.92 Å². The van der Waals surface area contributed by atoms with E-state index in [1.54, 1.807) is 25.5 Å². The van der Waals surface area contributed by atoms with Crippen LogP contribution < -0.4 is 10.5 Å². The molecule has 2 aromatic heterocycles. The fraction of sp³-hybridized carbons (Fsp3) is 0.400. The summed E-state index contributed by atoms with van der Waals surface area (Å²) in [5, 5.41) is 0. The summed E-state index contributed by atoms with van der Waals surface area (Å²) in [6, 6.07) is 8.53. The Hall–Kier alpha value is -2.49. The van der Waals surface area contributed by atoms with Crippen molar-refractivity contribution in [3.63, 3.8) is 0 Å². The average molecular weight is 417 g/mol.